The van der Waals surface area contributed by atoms with Crippen LogP contribution in [0.4, 0.5) is 0 Å². The van der Waals surface area contributed by atoms with E-state index in [-0.39, 0.29) is 31.6 Å². The predicted molar refractivity (Wildman–Crippen MR) is 75.1 cm³/mol. The van der Waals surface area contributed by atoms with Gasteiger partial charge < -0.3 is 15.1 Å². The normalized spacial score (nSPS) is 11.1. The van der Waals surface area contributed by atoms with E-state index >= 15 is 0 Å². The third-order valence-electron chi connectivity index (χ3n) is 2.76. The van der Waals surface area contributed by atoms with Crippen LogP contribution in [-0.2, 0) is 0 Å². The molecule has 7 heteroatoms. The molecule has 3 N–H and O–H groups in total. The van der Waals surface area contributed by atoms with Gasteiger partial charge >= 0.3 is 0 Å². The lowest BCUT2D eigenvalue weighted by Gasteiger charge is -2.20. The number of aromatic amines is 1. The first kappa shape index (κ1) is 16.1. The summed E-state index contributed by atoms with van der Waals surface area (Å²) in [5.41, 5.74) is 1.18. The maximum Gasteiger partial charge on any atom is 0.275 e. The van der Waals surface area contributed by atoms with Crippen LogP contribution in [0.1, 0.15) is 42.4 Å². The van der Waals surface area contributed by atoms with Crippen molar-refractivity contribution in [3.8, 4) is 0 Å². The summed E-state index contributed by atoms with van der Waals surface area (Å²) in [5, 5.41) is 24.7. The van der Waals surface area contributed by atoms with Gasteiger partial charge in [0.2, 0.25) is 0 Å². The summed E-state index contributed by atoms with van der Waals surface area (Å²) in [5.74, 6) is -0.0234. The number of aliphatic hydroxyl groups is 2. The van der Waals surface area contributed by atoms with E-state index in [0.29, 0.717) is 23.1 Å². The zero-order chi connectivity index (χ0) is 14.4. The molecule has 1 amide bonds. The number of aliphatic hydroxyl groups excluding tert-OH is 2. The van der Waals surface area contributed by atoms with Crippen molar-refractivity contribution < 1.29 is 15.0 Å². The molecule has 0 saturated heterocycles. The average Bonchev–Trinajstić information content (AvgIpc) is 2.75. The van der Waals surface area contributed by atoms with Gasteiger partial charge in [0, 0.05) is 19.7 Å². The van der Waals surface area contributed by atoms with E-state index in [2.05, 4.69) is 26.1 Å². The maximum absolute atomic E-state index is 12.3. The Bertz CT molecular complexity index is 420. The molecule has 6 nitrogen and oxygen atoms in total. The van der Waals surface area contributed by atoms with Crippen LogP contribution in [0.25, 0.3) is 0 Å². The largest absolute Gasteiger partial charge is 0.396 e. The molecule has 108 valence electrons. The number of carbonyl (C=O) groups is 1. The highest BCUT2D eigenvalue weighted by molar-refractivity contribution is 9.10. The number of rotatable bonds is 7. The van der Waals surface area contributed by atoms with Gasteiger partial charge in [0.05, 0.1) is 16.8 Å². The molecule has 19 heavy (non-hydrogen) atoms. The van der Waals surface area contributed by atoms with E-state index in [0.717, 1.165) is 5.69 Å². The van der Waals surface area contributed by atoms with Crippen molar-refractivity contribution in [2.75, 3.05) is 26.3 Å². The van der Waals surface area contributed by atoms with Gasteiger partial charge in [-0.3, -0.25) is 9.89 Å². The Morgan fingerprint density at radius 2 is 2.05 bits per heavy atom. The first-order valence-electron chi connectivity index (χ1n) is 6.27. The topological polar surface area (TPSA) is 89.5 Å². The third-order valence-corrected chi connectivity index (χ3v) is 3.56. The van der Waals surface area contributed by atoms with Crippen LogP contribution in [0, 0.1) is 0 Å². The fourth-order valence-electron chi connectivity index (χ4n) is 1.71. The van der Waals surface area contributed by atoms with Gasteiger partial charge in [-0.05, 0) is 28.3 Å². The molecule has 0 bridgehead atoms. The highest BCUT2D eigenvalue weighted by Crippen LogP contribution is 2.26. The number of hydrogen-bond acceptors (Lipinski definition) is 4. The molecule has 0 radical (unpaired) electrons. The maximum atomic E-state index is 12.3. The zero-order valence-electron chi connectivity index (χ0n) is 11.2. The average molecular weight is 334 g/mol. The molecular weight excluding hydrogens is 314 g/mol. The number of halogens is 1. The molecule has 0 unspecified atom stereocenters. The zero-order valence-corrected chi connectivity index (χ0v) is 12.8. The van der Waals surface area contributed by atoms with Gasteiger partial charge in [0.15, 0.2) is 5.69 Å². The molecule has 0 spiro atoms. The SMILES string of the molecule is CC(C)c1[nH]nc(C(=O)N(CCO)CCCO)c1Br. The molecule has 0 aliphatic rings. The fraction of sp³-hybridized carbons (Fsp3) is 0.667. The van der Waals surface area contributed by atoms with Gasteiger partial charge in [0.1, 0.15) is 0 Å². The standard InChI is InChI=1S/C12H20BrN3O3/c1-8(2)10-9(13)11(15-14-10)12(19)16(5-7-18)4-3-6-17/h8,17-18H,3-7H2,1-2H3,(H,14,15). The molecule has 0 saturated carbocycles. The molecule has 0 aliphatic heterocycles. The summed E-state index contributed by atoms with van der Waals surface area (Å²) in [4.78, 5) is 13.8. The first-order valence-corrected chi connectivity index (χ1v) is 7.07. The fourth-order valence-corrected chi connectivity index (χ4v) is 2.52. The molecule has 0 aliphatic carbocycles. The van der Waals surface area contributed by atoms with Crippen molar-refractivity contribution in [3.63, 3.8) is 0 Å². The van der Waals surface area contributed by atoms with E-state index in [1.54, 1.807) is 0 Å². The summed E-state index contributed by atoms with van der Waals surface area (Å²) in [7, 11) is 0. The Morgan fingerprint density at radius 1 is 1.37 bits per heavy atom. The molecule has 1 aromatic heterocycles. The first-order chi connectivity index (χ1) is 9.02. The predicted octanol–water partition coefficient (Wildman–Crippen LogP) is 1.11. The van der Waals surface area contributed by atoms with Crippen molar-refractivity contribution in [1.82, 2.24) is 15.1 Å². The smallest absolute Gasteiger partial charge is 0.275 e. The minimum Gasteiger partial charge on any atom is -0.396 e. The number of carbonyl (C=O) groups excluding carboxylic acids is 1. The summed E-state index contributed by atoms with van der Waals surface area (Å²) in [6.07, 6.45) is 0.477. The van der Waals surface area contributed by atoms with Crippen LogP contribution in [0.5, 0.6) is 0 Å². The number of amides is 1. The van der Waals surface area contributed by atoms with Crippen molar-refractivity contribution >= 4 is 21.8 Å². The summed E-state index contributed by atoms with van der Waals surface area (Å²) in [6, 6.07) is 0. The Hall–Kier alpha value is -0.920. The van der Waals surface area contributed by atoms with Crippen LogP contribution < -0.4 is 0 Å². The highest BCUT2D eigenvalue weighted by Gasteiger charge is 2.23. The number of nitrogens with one attached hydrogen (secondary N) is 1. The van der Waals surface area contributed by atoms with Crippen molar-refractivity contribution in [2.24, 2.45) is 0 Å². The van der Waals surface area contributed by atoms with Crippen LogP contribution in [0.2, 0.25) is 0 Å². The molecule has 1 heterocycles. The van der Waals surface area contributed by atoms with Gasteiger partial charge in [-0.1, -0.05) is 13.8 Å². The van der Waals surface area contributed by atoms with Crippen LogP contribution in [0.3, 0.4) is 0 Å². The molecule has 0 fully saturated rings. The number of aromatic nitrogens is 2. The Labute approximate surface area is 120 Å². The summed E-state index contributed by atoms with van der Waals surface area (Å²) in [6.45, 7) is 4.53. The van der Waals surface area contributed by atoms with E-state index in [9.17, 15) is 4.79 Å². The summed E-state index contributed by atoms with van der Waals surface area (Å²) >= 11 is 3.39. The quantitative estimate of drug-likeness (QED) is 0.697. The lowest BCUT2D eigenvalue weighted by atomic mass is 10.1. The van der Waals surface area contributed by atoms with Crippen molar-refractivity contribution in [1.29, 1.82) is 0 Å². The van der Waals surface area contributed by atoms with E-state index in [4.69, 9.17) is 10.2 Å². The van der Waals surface area contributed by atoms with Crippen LogP contribution in [0.15, 0.2) is 4.47 Å². The van der Waals surface area contributed by atoms with E-state index < -0.39 is 0 Å². The third kappa shape index (κ3) is 4.02. The van der Waals surface area contributed by atoms with Gasteiger partial charge in [-0.2, -0.15) is 5.10 Å². The second kappa shape index (κ2) is 7.62. The van der Waals surface area contributed by atoms with Gasteiger partial charge in [0.25, 0.3) is 5.91 Å². The van der Waals surface area contributed by atoms with Crippen molar-refractivity contribution in [3.05, 3.63) is 15.9 Å². The van der Waals surface area contributed by atoms with Gasteiger partial charge in [-0.25, -0.2) is 0 Å². The minimum absolute atomic E-state index is 0.00812. The van der Waals surface area contributed by atoms with E-state index in [1.807, 2.05) is 13.8 Å². The highest BCUT2D eigenvalue weighted by atomic mass is 79.9. The number of nitrogens with zero attached hydrogens (tertiary/aromatic N) is 2. The van der Waals surface area contributed by atoms with Crippen LogP contribution >= 0.6 is 15.9 Å². The van der Waals surface area contributed by atoms with Gasteiger partial charge in [-0.15, -0.1) is 0 Å². The minimum atomic E-state index is -0.252. The molecule has 0 atom stereocenters. The van der Waals surface area contributed by atoms with Crippen molar-refractivity contribution in [2.45, 2.75) is 26.2 Å². The van der Waals surface area contributed by atoms with Crippen LogP contribution in [-0.4, -0.2) is 57.5 Å². The molecule has 1 rings (SSSR count). The second-order valence-corrected chi connectivity index (χ2v) is 5.34. The lowest BCUT2D eigenvalue weighted by molar-refractivity contribution is 0.0703. The Morgan fingerprint density at radius 3 is 2.53 bits per heavy atom. The monoisotopic (exact) mass is 333 g/mol. The van der Waals surface area contributed by atoms with E-state index in [1.165, 1.54) is 4.90 Å². The molecule has 1 aromatic rings. The number of hydrogen-bond donors (Lipinski definition) is 3. The Kier molecular flexibility index (Phi) is 6.47. The summed E-state index contributed by atoms with van der Waals surface area (Å²) < 4.78 is 0.666. The second-order valence-electron chi connectivity index (χ2n) is 4.55. The molecular formula is C12H20BrN3O3. The molecule has 0 aromatic carbocycles. The number of H-pyrrole nitrogens is 1. The lowest BCUT2D eigenvalue weighted by Crippen LogP contribution is -2.35. The Balaban J connectivity index is 2.89.